The Morgan fingerprint density at radius 3 is 2.68 bits per heavy atom. The van der Waals surface area contributed by atoms with Crippen molar-refractivity contribution in [2.75, 3.05) is 18.0 Å². The van der Waals surface area contributed by atoms with Crippen LogP contribution in [0.15, 0.2) is 24.3 Å². The number of carboxylic acid groups (broad SMARTS) is 1. The minimum absolute atomic E-state index is 0.0173. The Morgan fingerprint density at radius 1 is 1.32 bits per heavy atom. The molecule has 0 fully saturated rings. The summed E-state index contributed by atoms with van der Waals surface area (Å²) in [6.07, 6.45) is 0.0173. The first-order valence-electron chi connectivity index (χ1n) is 6.90. The third-order valence-electron chi connectivity index (χ3n) is 3.28. The van der Waals surface area contributed by atoms with E-state index < -0.39 is 24.0 Å². The van der Waals surface area contributed by atoms with Crippen LogP contribution in [-0.4, -0.2) is 41.6 Å². The number of benzene rings is 1. The van der Waals surface area contributed by atoms with E-state index in [9.17, 15) is 14.4 Å². The molecule has 2 amide bonds. The van der Waals surface area contributed by atoms with Gasteiger partial charge in [0.1, 0.15) is 12.3 Å². The van der Waals surface area contributed by atoms with Gasteiger partial charge >= 0.3 is 5.97 Å². The number of anilines is 1. The van der Waals surface area contributed by atoms with Gasteiger partial charge in [0.15, 0.2) is 5.60 Å². The fraction of sp³-hybridized carbons (Fsp3) is 0.400. The zero-order chi connectivity index (χ0) is 16.3. The Balaban J connectivity index is 2.10. The molecule has 1 aromatic carbocycles. The molecule has 22 heavy (non-hydrogen) atoms. The van der Waals surface area contributed by atoms with Gasteiger partial charge in [-0.2, -0.15) is 0 Å². The molecule has 0 saturated heterocycles. The summed E-state index contributed by atoms with van der Waals surface area (Å²) in [4.78, 5) is 36.0. The fourth-order valence-corrected chi connectivity index (χ4v) is 2.22. The second kappa shape index (κ2) is 6.05. The highest BCUT2D eigenvalue weighted by Gasteiger charge is 2.40. The average Bonchev–Trinajstić information content (AvgIpc) is 2.45. The molecule has 1 aromatic rings. The molecule has 0 aromatic heterocycles. The Hall–Kier alpha value is -2.57. The third kappa shape index (κ3) is 3.36. The highest BCUT2D eigenvalue weighted by molar-refractivity contribution is 6.02. The van der Waals surface area contributed by atoms with Gasteiger partial charge in [-0.1, -0.05) is 12.1 Å². The van der Waals surface area contributed by atoms with Gasteiger partial charge in [-0.15, -0.1) is 0 Å². The van der Waals surface area contributed by atoms with Crippen molar-refractivity contribution in [1.29, 1.82) is 0 Å². The van der Waals surface area contributed by atoms with E-state index in [1.54, 1.807) is 32.0 Å². The molecule has 2 N–H and O–H groups in total. The number of nitrogens with one attached hydrogen (secondary N) is 1. The summed E-state index contributed by atoms with van der Waals surface area (Å²) in [5.41, 5.74) is -0.399. The molecule has 7 nitrogen and oxygen atoms in total. The number of hydrogen-bond acceptors (Lipinski definition) is 4. The summed E-state index contributed by atoms with van der Waals surface area (Å²) in [6, 6.07) is 7.10. The molecule has 1 aliphatic rings. The number of carbonyl (C=O) groups is 3. The van der Waals surface area contributed by atoms with E-state index in [4.69, 9.17) is 9.84 Å². The van der Waals surface area contributed by atoms with E-state index in [1.165, 1.54) is 4.90 Å². The summed E-state index contributed by atoms with van der Waals surface area (Å²) in [6.45, 7) is 3.07. The van der Waals surface area contributed by atoms with E-state index in [0.29, 0.717) is 11.4 Å². The molecule has 2 rings (SSSR count). The average molecular weight is 306 g/mol. The quantitative estimate of drug-likeness (QED) is 0.838. The van der Waals surface area contributed by atoms with Crippen LogP contribution in [0.2, 0.25) is 0 Å². The van der Waals surface area contributed by atoms with Crippen LogP contribution >= 0.6 is 0 Å². The lowest BCUT2D eigenvalue weighted by atomic mass is 10.0. The first-order chi connectivity index (χ1) is 10.3. The van der Waals surface area contributed by atoms with Crippen LogP contribution in [0.4, 0.5) is 5.69 Å². The normalized spacial score (nSPS) is 15.7. The summed E-state index contributed by atoms with van der Waals surface area (Å²) in [7, 11) is 0. The highest BCUT2D eigenvalue weighted by atomic mass is 16.5. The molecule has 7 heteroatoms. The number of fused-ring (bicyclic) bond motifs is 1. The van der Waals surface area contributed by atoms with Crippen LogP contribution in [0, 0.1) is 0 Å². The maximum atomic E-state index is 12.5. The number of nitrogens with zero attached hydrogens (tertiary/aromatic N) is 1. The van der Waals surface area contributed by atoms with Crippen molar-refractivity contribution in [3.05, 3.63) is 24.3 Å². The molecule has 0 bridgehead atoms. The van der Waals surface area contributed by atoms with Crippen molar-refractivity contribution in [3.8, 4) is 5.75 Å². The van der Waals surface area contributed by atoms with Gasteiger partial charge in [0.05, 0.1) is 5.69 Å². The minimum Gasteiger partial charge on any atom is -0.480 e. The molecular formula is C15H18N2O5. The van der Waals surface area contributed by atoms with Crippen molar-refractivity contribution < 1.29 is 24.2 Å². The molecular weight excluding hydrogens is 288 g/mol. The van der Waals surface area contributed by atoms with Crippen LogP contribution < -0.4 is 15.0 Å². The Bertz CT molecular complexity index is 612. The zero-order valence-electron chi connectivity index (χ0n) is 12.5. The van der Waals surface area contributed by atoms with Crippen molar-refractivity contribution in [2.45, 2.75) is 25.9 Å². The van der Waals surface area contributed by atoms with Crippen LogP contribution in [0.3, 0.4) is 0 Å². The van der Waals surface area contributed by atoms with Crippen LogP contribution in [0.5, 0.6) is 5.75 Å². The second-order valence-electron chi connectivity index (χ2n) is 5.46. The van der Waals surface area contributed by atoms with Gasteiger partial charge in [0, 0.05) is 13.0 Å². The number of hydrogen-bond donors (Lipinski definition) is 2. The lowest BCUT2D eigenvalue weighted by Crippen LogP contribution is -2.53. The Morgan fingerprint density at radius 2 is 2.00 bits per heavy atom. The number of ether oxygens (including phenoxy) is 1. The summed E-state index contributed by atoms with van der Waals surface area (Å²) >= 11 is 0. The summed E-state index contributed by atoms with van der Waals surface area (Å²) in [5.74, 6) is -1.19. The van der Waals surface area contributed by atoms with Crippen LogP contribution in [0.25, 0.3) is 0 Å². The maximum absolute atomic E-state index is 12.5. The SMILES string of the molecule is CC1(C)Oc2ccccc2N(CCC(=O)NCC(=O)O)C1=O. The third-order valence-corrected chi connectivity index (χ3v) is 3.28. The number of para-hydroxylation sites is 2. The van der Waals surface area contributed by atoms with Gasteiger partial charge in [-0.3, -0.25) is 14.4 Å². The lowest BCUT2D eigenvalue weighted by molar-refractivity contribution is -0.138. The molecule has 1 heterocycles. The molecule has 0 aliphatic carbocycles. The Kier molecular flexibility index (Phi) is 4.35. The van der Waals surface area contributed by atoms with E-state index in [0.717, 1.165) is 0 Å². The minimum atomic E-state index is -1.11. The number of amides is 2. The van der Waals surface area contributed by atoms with Crippen molar-refractivity contribution in [1.82, 2.24) is 5.32 Å². The van der Waals surface area contributed by atoms with Gasteiger partial charge in [0.25, 0.3) is 5.91 Å². The van der Waals surface area contributed by atoms with Crippen molar-refractivity contribution in [3.63, 3.8) is 0 Å². The van der Waals surface area contributed by atoms with Gasteiger partial charge < -0.3 is 20.1 Å². The fourth-order valence-electron chi connectivity index (χ4n) is 2.22. The zero-order valence-corrected chi connectivity index (χ0v) is 12.5. The van der Waals surface area contributed by atoms with Gasteiger partial charge in [-0.25, -0.2) is 0 Å². The Labute approximate surface area is 127 Å². The standard InChI is InChI=1S/C15H18N2O5/c1-15(2)14(21)17(8-7-12(18)16-9-13(19)20)10-5-3-4-6-11(10)22-15/h3-6H,7-9H2,1-2H3,(H,16,18)(H,19,20). The van der Waals surface area contributed by atoms with Gasteiger partial charge in [0.2, 0.25) is 5.91 Å². The molecule has 118 valence electrons. The molecule has 0 saturated carbocycles. The highest BCUT2D eigenvalue weighted by Crippen LogP contribution is 2.37. The van der Waals surface area contributed by atoms with Gasteiger partial charge in [-0.05, 0) is 26.0 Å². The monoisotopic (exact) mass is 306 g/mol. The molecule has 0 radical (unpaired) electrons. The maximum Gasteiger partial charge on any atom is 0.322 e. The number of carbonyl (C=O) groups excluding carboxylic acids is 2. The molecule has 0 spiro atoms. The first kappa shape index (κ1) is 15.8. The van der Waals surface area contributed by atoms with Crippen molar-refractivity contribution >= 4 is 23.5 Å². The topological polar surface area (TPSA) is 95.9 Å². The predicted octanol–water partition coefficient (Wildman–Crippen LogP) is 0.782. The predicted molar refractivity (Wildman–Crippen MR) is 78.8 cm³/mol. The van der Waals surface area contributed by atoms with E-state index in [2.05, 4.69) is 5.32 Å². The van der Waals surface area contributed by atoms with E-state index in [1.807, 2.05) is 6.07 Å². The number of aliphatic carboxylic acids is 1. The smallest absolute Gasteiger partial charge is 0.322 e. The van der Waals surface area contributed by atoms with Crippen LogP contribution in [-0.2, 0) is 14.4 Å². The summed E-state index contributed by atoms with van der Waals surface area (Å²) in [5, 5.41) is 10.8. The molecule has 0 atom stereocenters. The van der Waals surface area contributed by atoms with E-state index in [-0.39, 0.29) is 18.9 Å². The second-order valence-corrected chi connectivity index (χ2v) is 5.46. The largest absolute Gasteiger partial charge is 0.480 e. The molecule has 0 unspecified atom stereocenters. The lowest BCUT2D eigenvalue weighted by Gasteiger charge is -2.38. The number of carboxylic acids is 1. The summed E-state index contributed by atoms with van der Waals surface area (Å²) < 4.78 is 5.68. The first-order valence-corrected chi connectivity index (χ1v) is 6.90. The number of rotatable bonds is 5. The van der Waals surface area contributed by atoms with E-state index >= 15 is 0 Å². The van der Waals surface area contributed by atoms with Crippen molar-refractivity contribution in [2.24, 2.45) is 0 Å². The van der Waals surface area contributed by atoms with Crippen LogP contribution in [0.1, 0.15) is 20.3 Å². The molecule has 1 aliphatic heterocycles.